The molecule has 0 aliphatic heterocycles. The summed E-state index contributed by atoms with van der Waals surface area (Å²) < 4.78 is 5.38. The first-order chi connectivity index (χ1) is 14.2. The fourth-order valence-corrected chi connectivity index (χ4v) is 3.36. The van der Waals surface area contributed by atoms with Crippen LogP contribution >= 0.6 is 0 Å². The second kappa shape index (κ2) is 8.15. The number of amides is 1. The number of aromatic nitrogens is 1. The van der Waals surface area contributed by atoms with Crippen LogP contribution in [0.1, 0.15) is 21.5 Å². The Morgan fingerprint density at radius 1 is 0.966 bits per heavy atom. The van der Waals surface area contributed by atoms with Crippen LogP contribution in [0.2, 0.25) is 0 Å². The standard InChI is InChI=1S/C25H22N2O2/c1-17-11-13-18(14-12-17)23-15-21(20-8-4-5-9-22(20)27-23)25(28)26-16-19-7-3-6-10-24(19)29-2/h3-15H,16H2,1-2H3,(H,26,28). The number of pyridine rings is 1. The van der Waals surface area contributed by atoms with Crippen molar-refractivity contribution in [2.75, 3.05) is 7.11 Å². The Kier molecular flexibility index (Phi) is 5.25. The van der Waals surface area contributed by atoms with Gasteiger partial charge in [-0.2, -0.15) is 0 Å². The third-order valence-electron chi connectivity index (χ3n) is 4.94. The van der Waals surface area contributed by atoms with Gasteiger partial charge in [0.05, 0.1) is 23.9 Å². The Balaban J connectivity index is 1.70. The van der Waals surface area contributed by atoms with E-state index in [-0.39, 0.29) is 5.91 Å². The molecule has 4 aromatic rings. The summed E-state index contributed by atoms with van der Waals surface area (Å²) >= 11 is 0. The summed E-state index contributed by atoms with van der Waals surface area (Å²) in [5.41, 5.74) is 5.30. The molecule has 0 bridgehead atoms. The van der Waals surface area contributed by atoms with Crippen molar-refractivity contribution in [2.24, 2.45) is 0 Å². The van der Waals surface area contributed by atoms with E-state index in [1.807, 2.05) is 85.8 Å². The van der Waals surface area contributed by atoms with Crippen molar-refractivity contribution in [3.8, 4) is 17.0 Å². The largest absolute Gasteiger partial charge is 0.496 e. The van der Waals surface area contributed by atoms with E-state index in [9.17, 15) is 4.79 Å². The maximum absolute atomic E-state index is 13.1. The first-order valence-electron chi connectivity index (χ1n) is 9.52. The van der Waals surface area contributed by atoms with Crippen molar-refractivity contribution < 1.29 is 9.53 Å². The highest BCUT2D eigenvalue weighted by atomic mass is 16.5. The summed E-state index contributed by atoms with van der Waals surface area (Å²) in [5, 5.41) is 3.86. The van der Waals surface area contributed by atoms with Gasteiger partial charge < -0.3 is 10.1 Å². The number of hydrogen-bond acceptors (Lipinski definition) is 3. The Morgan fingerprint density at radius 2 is 1.69 bits per heavy atom. The maximum Gasteiger partial charge on any atom is 0.252 e. The lowest BCUT2D eigenvalue weighted by Gasteiger charge is -2.12. The lowest BCUT2D eigenvalue weighted by Crippen LogP contribution is -2.23. The number of para-hydroxylation sites is 2. The zero-order chi connectivity index (χ0) is 20.2. The number of rotatable bonds is 5. The molecule has 4 nitrogen and oxygen atoms in total. The highest BCUT2D eigenvalue weighted by molar-refractivity contribution is 6.07. The van der Waals surface area contributed by atoms with Crippen molar-refractivity contribution >= 4 is 16.8 Å². The first-order valence-corrected chi connectivity index (χ1v) is 9.52. The minimum atomic E-state index is -0.136. The molecular weight excluding hydrogens is 360 g/mol. The summed E-state index contributed by atoms with van der Waals surface area (Å²) in [7, 11) is 1.63. The predicted octanol–water partition coefficient (Wildman–Crippen LogP) is 5.15. The van der Waals surface area contributed by atoms with Gasteiger partial charge in [-0.25, -0.2) is 4.98 Å². The number of hydrogen-bond donors (Lipinski definition) is 1. The van der Waals surface area contributed by atoms with Crippen molar-refractivity contribution in [3.05, 3.63) is 95.6 Å². The number of nitrogens with one attached hydrogen (secondary N) is 1. The zero-order valence-electron chi connectivity index (χ0n) is 16.5. The summed E-state index contributed by atoms with van der Waals surface area (Å²) in [6.45, 7) is 2.44. The quantitative estimate of drug-likeness (QED) is 0.519. The molecule has 0 saturated heterocycles. The fourth-order valence-electron chi connectivity index (χ4n) is 3.36. The van der Waals surface area contributed by atoms with E-state index in [0.29, 0.717) is 12.1 Å². The lowest BCUT2D eigenvalue weighted by atomic mass is 10.0. The minimum absolute atomic E-state index is 0.136. The number of aryl methyl sites for hydroxylation is 1. The molecule has 29 heavy (non-hydrogen) atoms. The molecule has 0 radical (unpaired) electrons. The van der Waals surface area contributed by atoms with Crippen LogP contribution in [0.3, 0.4) is 0 Å². The van der Waals surface area contributed by atoms with Crippen LogP contribution in [0.15, 0.2) is 78.9 Å². The Hall–Kier alpha value is -3.66. The van der Waals surface area contributed by atoms with Crippen LogP contribution in [-0.4, -0.2) is 18.0 Å². The van der Waals surface area contributed by atoms with E-state index in [1.54, 1.807) is 7.11 Å². The van der Waals surface area contributed by atoms with Crippen molar-refractivity contribution in [1.82, 2.24) is 10.3 Å². The Bertz CT molecular complexity index is 1170. The molecular formula is C25H22N2O2. The summed E-state index contributed by atoms with van der Waals surface area (Å²) in [6, 6.07) is 25.4. The Labute approximate surface area is 170 Å². The summed E-state index contributed by atoms with van der Waals surface area (Å²) in [4.78, 5) is 17.9. The van der Waals surface area contributed by atoms with Crippen LogP contribution in [0.25, 0.3) is 22.2 Å². The average Bonchev–Trinajstić information content (AvgIpc) is 2.77. The number of carbonyl (C=O) groups excluding carboxylic acids is 1. The molecule has 4 heteroatoms. The number of methoxy groups -OCH3 is 1. The van der Waals surface area contributed by atoms with Gasteiger partial charge in [-0.05, 0) is 25.1 Å². The number of carbonyl (C=O) groups is 1. The molecule has 0 atom stereocenters. The normalized spacial score (nSPS) is 10.7. The van der Waals surface area contributed by atoms with Crippen molar-refractivity contribution in [1.29, 1.82) is 0 Å². The summed E-state index contributed by atoms with van der Waals surface area (Å²) in [6.07, 6.45) is 0. The first kappa shape index (κ1) is 18.7. The number of nitrogens with zero attached hydrogens (tertiary/aromatic N) is 1. The van der Waals surface area contributed by atoms with Gasteiger partial charge in [0.15, 0.2) is 0 Å². The molecule has 1 amide bonds. The SMILES string of the molecule is COc1ccccc1CNC(=O)c1cc(-c2ccc(C)cc2)nc2ccccc12. The number of ether oxygens (including phenoxy) is 1. The van der Waals surface area contributed by atoms with Crippen LogP contribution in [-0.2, 0) is 6.54 Å². The van der Waals surface area contributed by atoms with Gasteiger partial charge in [-0.3, -0.25) is 4.79 Å². The lowest BCUT2D eigenvalue weighted by molar-refractivity contribution is 0.0952. The predicted molar refractivity (Wildman–Crippen MR) is 116 cm³/mol. The van der Waals surface area contributed by atoms with E-state index in [2.05, 4.69) is 5.32 Å². The average molecular weight is 382 g/mol. The molecule has 0 spiro atoms. The number of fused-ring (bicyclic) bond motifs is 1. The number of benzene rings is 3. The maximum atomic E-state index is 13.1. The van der Waals surface area contributed by atoms with Gasteiger partial charge >= 0.3 is 0 Å². The summed E-state index contributed by atoms with van der Waals surface area (Å²) in [5.74, 6) is 0.621. The van der Waals surface area contributed by atoms with E-state index >= 15 is 0 Å². The highest BCUT2D eigenvalue weighted by Gasteiger charge is 2.14. The molecule has 0 saturated carbocycles. The van der Waals surface area contributed by atoms with E-state index in [0.717, 1.165) is 33.5 Å². The Morgan fingerprint density at radius 3 is 2.48 bits per heavy atom. The second-order valence-corrected chi connectivity index (χ2v) is 6.93. The molecule has 0 aliphatic carbocycles. The molecule has 1 heterocycles. The molecule has 4 rings (SSSR count). The van der Waals surface area contributed by atoms with E-state index in [4.69, 9.17) is 9.72 Å². The van der Waals surface area contributed by atoms with Gasteiger partial charge in [0.25, 0.3) is 5.91 Å². The smallest absolute Gasteiger partial charge is 0.252 e. The van der Waals surface area contributed by atoms with Gasteiger partial charge in [0.1, 0.15) is 5.75 Å². The molecule has 0 aliphatic rings. The molecule has 144 valence electrons. The van der Waals surface area contributed by atoms with Crippen molar-refractivity contribution in [2.45, 2.75) is 13.5 Å². The van der Waals surface area contributed by atoms with Crippen LogP contribution in [0.4, 0.5) is 0 Å². The van der Waals surface area contributed by atoms with Crippen LogP contribution in [0, 0.1) is 6.92 Å². The molecule has 3 aromatic carbocycles. The van der Waals surface area contributed by atoms with E-state index < -0.39 is 0 Å². The van der Waals surface area contributed by atoms with Gasteiger partial charge in [0, 0.05) is 23.1 Å². The van der Waals surface area contributed by atoms with Gasteiger partial charge in [0.2, 0.25) is 0 Å². The minimum Gasteiger partial charge on any atom is -0.496 e. The zero-order valence-corrected chi connectivity index (χ0v) is 16.5. The van der Waals surface area contributed by atoms with Gasteiger partial charge in [-0.1, -0.05) is 66.2 Å². The molecule has 1 N–H and O–H groups in total. The second-order valence-electron chi connectivity index (χ2n) is 6.93. The molecule has 0 unspecified atom stereocenters. The monoisotopic (exact) mass is 382 g/mol. The molecule has 1 aromatic heterocycles. The highest BCUT2D eigenvalue weighted by Crippen LogP contribution is 2.25. The van der Waals surface area contributed by atoms with E-state index in [1.165, 1.54) is 5.56 Å². The van der Waals surface area contributed by atoms with Crippen LogP contribution < -0.4 is 10.1 Å². The third-order valence-corrected chi connectivity index (χ3v) is 4.94. The van der Waals surface area contributed by atoms with Crippen molar-refractivity contribution in [3.63, 3.8) is 0 Å². The van der Waals surface area contributed by atoms with Crippen LogP contribution in [0.5, 0.6) is 5.75 Å². The third kappa shape index (κ3) is 3.97. The van der Waals surface area contributed by atoms with Gasteiger partial charge in [-0.15, -0.1) is 0 Å². The topological polar surface area (TPSA) is 51.2 Å². The fraction of sp³-hybridized carbons (Fsp3) is 0.120. The molecule has 0 fully saturated rings.